The maximum Gasteiger partial charge on any atom is 0.257 e. The van der Waals surface area contributed by atoms with Gasteiger partial charge in [-0.25, -0.2) is 13.8 Å². The standard InChI is InChI=1S/C26H23F2N3O3/c1-16-15-30(11-12-31(16)26(32)19-9-7-17(27)13-21(19)28)25-20-14-18(33-2)8-10-23(20)34-24-6-4-3-5-22(24)29-25/h3-10,13-14,16H,11-12,15H2,1-2H3. The number of nitrogens with zero attached hydrogens (tertiary/aromatic N) is 3. The summed E-state index contributed by atoms with van der Waals surface area (Å²) in [4.78, 5) is 21.6. The van der Waals surface area contributed by atoms with Gasteiger partial charge < -0.3 is 19.3 Å². The van der Waals surface area contributed by atoms with Crippen LogP contribution in [0.5, 0.6) is 17.2 Å². The first-order valence-electron chi connectivity index (χ1n) is 11.0. The number of methoxy groups -OCH3 is 1. The maximum absolute atomic E-state index is 14.2. The number of benzene rings is 3. The minimum Gasteiger partial charge on any atom is -0.497 e. The molecule has 5 rings (SSSR count). The quantitative estimate of drug-likeness (QED) is 0.537. The third-order valence-corrected chi connectivity index (χ3v) is 6.09. The zero-order chi connectivity index (χ0) is 23.8. The molecule has 1 fully saturated rings. The Morgan fingerprint density at radius 2 is 1.88 bits per heavy atom. The summed E-state index contributed by atoms with van der Waals surface area (Å²) >= 11 is 0. The number of carbonyl (C=O) groups is 1. The number of hydrogen-bond donors (Lipinski definition) is 0. The molecule has 0 spiro atoms. The van der Waals surface area contributed by atoms with Gasteiger partial charge in [0, 0.05) is 31.7 Å². The Morgan fingerprint density at radius 3 is 2.65 bits per heavy atom. The Bertz CT molecular complexity index is 1290. The Labute approximate surface area is 196 Å². The highest BCUT2D eigenvalue weighted by Crippen LogP contribution is 2.39. The van der Waals surface area contributed by atoms with Crippen LogP contribution in [0.2, 0.25) is 0 Å². The van der Waals surface area contributed by atoms with E-state index < -0.39 is 17.5 Å². The molecule has 0 aromatic heterocycles. The maximum atomic E-state index is 14.2. The first kappa shape index (κ1) is 21.9. The zero-order valence-electron chi connectivity index (χ0n) is 18.8. The minimum atomic E-state index is -0.859. The Kier molecular flexibility index (Phi) is 5.65. The van der Waals surface area contributed by atoms with Gasteiger partial charge in [-0.1, -0.05) is 12.1 Å². The number of rotatable bonds is 2. The van der Waals surface area contributed by atoms with Gasteiger partial charge >= 0.3 is 0 Å². The van der Waals surface area contributed by atoms with Crippen molar-refractivity contribution in [2.24, 2.45) is 4.99 Å². The molecule has 1 amide bonds. The third-order valence-electron chi connectivity index (χ3n) is 6.09. The van der Waals surface area contributed by atoms with E-state index in [0.717, 1.165) is 17.7 Å². The smallest absolute Gasteiger partial charge is 0.257 e. The Morgan fingerprint density at radius 1 is 1.06 bits per heavy atom. The van der Waals surface area contributed by atoms with E-state index >= 15 is 0 Å². The number of amidine groups is 1. The summed E-state index contributed by atoms with van der Waals surface area (Å²) < 4.78 is 39.1. The van der Waals surface area contributed by atoms with Crippen molar-refractivity contribution in [2.45, 2.75) is 13.0 Å². The van der Waals surface area contributed by atoms with Gasteiger partial charge in [0.05, 0.1) is 18.2 Å². The van der Waals surface area contributed by atoms with Gasteiger partial charge in [-0.3, -0.25) is 4.79 Å². The number of hydrogen-bond acceptors (Lipinski definition) is 5. The number of aliphatic imine (C=N–C) groups is 1. The second-order valence-corrected chi connectivity index (χ2v) is 8.29. The number of fused-ring (bicyclic) bond motifs is 2. The Balaban J connectivity index is 1.46. The van der Waals surface area contributed by atoms with E-state index in [9.17, 15) is 13.6 Å². The predicted molar refractivity (Wildman–Crippen MR) is 124 cm³/mol. The lowest BCUT2D eigenvalue weighted by Gasteiger charge is -2.41. The van der Waals surface area contributed by atoms with Crippen molar-refractivity contribution < 1.29 is 23.0 Å². The van der Waals surface area contributed by atoms with Gasteiger partial charge in [0.2, 0.25) is 0 Å². The molecule has 0 saturated carbocycles. The van der Waals surface area contributed by atoms with Gasteiger partial charge in [0.15, 0.2) is 5.75 Å². The number of halogens is 2. The molecule has 2 heterocycles. The summed E-state index contributed by atoms with van der Waals surface area (Å²) in [6.45, 7) is 3.22. The van der Waals surface area contributed by atoms with Gasteiger partial charge in [0.25, 0.3) is 5.91 Å². The summed E-state index contributed by atoms with van der Waals surface area (Å²) in [5, 5.41) is 0. The van der Waals surface area contributed by atoms with Crippen LogP contribution in [-0.2, 0) is 0 Å². The van der Waals surface area contributed by atoms with Gasteiger partial charge in [-0.05, 0) is 49.4 Å². The fourth-order valence-electron chi connectivity index (χ4n) is 4.34. The first-order chi connectivity index (χ1) is 16.4. The molecule has 34 heavy (non-hydrogen) atoms. The average molecular weight is 463 g/mol. The van der Waals surface area contributed by atoms with Crippen LogP contribution in [-0.4, -0.2) is 54.3 Å². The highest BCUT2D eigenvalue weighted by atomic mass is 19.1. The fourth-order valence-corrected chi connectivity index (χ4v) is 4.34. The largest absolute Gasteiger partial charge is 0.497 e. The second-order valence-electron chi connectivity index (χ2n) is 8.29. The highest BCUT2D eigenvalue weighted by molar-refractivity contribution is 6.04. The molecular formula is C26H23F2N3O3. The molecule has 174 valence electrons. The lowest BCUT2D eigenvalue weighted by molar-refractivity contribution is 0.0576. The lowest BCUT2D eigenvalue weighted by atomic mass is 10.1. The number of amides is 1. The molecular weight excluding hydrogens is 440 g/mol. The van der Waals surface area contributed by atoms with Gasteiger partial charge in [0.1, 0.15) is 34.7 Å². The van der Waals surface area contributed by atoms with Crippen LogP contribution >= 0.6 is 0 Å². The molecule has 8 heteroatoms. The third kappa shape index (κ3) is 3.96. The first-order valence-corrected chi connectivity index (χ1v) is 11.0. The van der Waals surface area contributed by atoms with Crippen LogP contribution in [0.4, 0.5) is 14.5 Å². The van der Waals surface area contributed by atoms with Crippen molar-refractivity contribution in [1.29, 1.82) is 0 Å². The van der Waals surface area contributed by atoms with E-state index in [4.69, 9.17) is 14.5 Å². The van der Waals surface area contributed by atoms with E-state index in [0.29, 0.717) is 48.4 Å². The van der Waals surface area contributed by atoms with Crippen molar-refractivity contribution in [1.82, 2.24) is 9.80 Å². The zero-order valence-corrected chi connectivity index (χ0v) is 18.8. The molecule has 2 aliphatic rings. The molecule has 0 bridgehead atoms. The highest BCUT2D eigenvalue weighted by Gasteiger charge is 2.33. The average Bonchev–Trinajstić information content (AvgIpc) is 3.00. The van der Waals surface area contributed by atoms with Crippen LogP contribution in [0.1, 0.15) is 22.8 Å². The van der Waals surface area contributed by atoms with E-state index in [2.05, 4.69) is 4.90 Å². The summed E-state index contributed by atoms with van der Waals surface area (Å²) in [7, 11) is 1.60. The number of ether oxygens (including phenoxy) is 2. The summed E-state index contributed by atoms with van der Waals surface area (Å²) in [6, 6.07) is 15.9. The Hall–Kier alpha value is -3.94. The molecule has 3 aromatic carbocycles. The fraction of sp³-hybridized carbons (Fsp3) is 0.231. The van der Waals surface area contributed by atoms with E-state index in [1.54, 1.807) is 12.0 Å². The number of carbonyl (C=O) groups excluding carboxylic acids is 1. The van der Waals surface area contributed by atoms with Crippen molar-refractivity contribution in [3.8, 4) is 17.2 Å². The lowest BCUT2D eigenvalue weighted by Crippen LogP contribution is -2.55. The minimum absolute atomic E-state index is 0.133. The van der Waals surface area contributed by atoms with Crippen molar-refractivity contribution in [3.05, 3.63) is 83.4 Å². The van der Waals surface area contributed by atoms with E-state index in [-0.39, 0.29) is 11.6 Å². The second kappa shape index (κ2) is 8.78. The van der Waals surface area contributed by atoms with E-state index in [1.807, 2.05) is 49.4 Å². The molecule has 1 unspecified atom stereocenters. The number of piperazine rings is 1. The van der Waals surface area contributed by atoms with Crippen molar-refractivity contribution in [3.63, 3.8) is 0 Å². The van der Waals surface area contributed by atoms with Gasteiger partial charge in [-0.2, -0.15) is 0 Å². The molecule has 6 nitrogen and oxygen atoms in total. The summed E-state index contributed by atoms with van der Waals surface area (Å²) in [5.74, 6) is 0.669. The predicted octanol–water partition coefficient (Wildman–Crippen LogP) is 5.00. The molecule has 3 aromatic rings. The van der Waals surface area contributed by atoms with Crippen LogP contribution in [0.25, 0.3) is 0 Å². The monoisotopic (exact) mass is 463 g/mol. The topological polar surface area (TPSA) is 54.4 Å². The number of para-hydroxylation sites is 2. The molecule has 1 saturated heterocycles. The summed E-state index contributed by atoms with van der Waals surface area (Å²) in [5.41, 5.74) is 1.35. The van der Waals surface area contributed by atoms with E-state index in [1.165, 1.54) is 6.07 Å². The molecule has 0 aliphatic carbocycles. The van der Waals surface area contributed by atoms with Crippen LogP contribution < -0.4 is 9.47 Å². The van der Waals surface area contributed by atoms with Crippen molar-refractivity contribution in [2.75, 3.05) is 26.7 Å². The van der Waals surface area contributed by atoms with Gasteiger partial charge in [-0.15, -0.1) is 0 Å². The van der Waals surface area contributed by atoms with Crippen LogP contribution in [0.15, 0.2) is 65.7 Å². The SMILES string of the molecule is COc1ccc2c(c1)C(N1CCN(C(=O)c3ccc(F)cc3F)C(C)C1)=Nc1ccccc1O2. The van der Waals surface area contributed by atoms with Crippen LogP contribution in [0, 0.1) is 11.6 Å². The molecule has 1 atom stereocenters. The summed E-state index contributed by atoms with van der Waals surface area (Å²) in [6.07, 6.45) is 0. The van der Waals surface area contributed by atoms with Crippen molar-refractivity contribution >= 4 is 17.4 Å². The normalized spacial score (nSPS) is 17.2. The van der Waals surface area contributed by atoms with Crippen LogP contribution in [0.3, 0.4) is 0 Å². The molecule has 2 aliphatic heterocycles. The molecule has 0 N–H and O–H groups in total. The molecule has 0 radical (unpaired) electrons.